The van der Waals surface area contributed by atoms with Crippen molar-refractivity contribution in [3.05, 3.63) is 17.5 Å². The molecule has 0 N–H and O–H groups in total. The van der Waals surface area contributed by atoms with Crippen LogP contribution in [0.3, 0.4) is 0 Å². The highest BCUT2D eigenvalue weighted by molar-refractivity contribution is 7.91. The van der Waals surface area contributed by atoms with Gasteiger partial charge in [0, 0.05) is 38.2 Å². The van der Waals surface area contributed by atoms with Crippen LogP contribution in [0.25, 0.3) is 0 Å². The molecule has 0 bridgehead atoms. The van der Waals surface area contributed by atoms with Gasteiger partial charge in [-0.15, -0.1) is 0 Å². The Balaban J connectivity index is 2.01. The van der Waals surface area contributed by atoms with Gasteiger partial charge in [-0.2, -0.15) is 5.10 Å². The first-order valence-corrected chi connectivity index (χ1v) is 7.72. The number of hydrogen-bond donors (Lipinski definition) is 0. The van der Waals surface area contributed by atoms with Crippen molar-refractivity contribution in [2.45, 2.75) is 25.1 Å². The van der Waals surface area contributed by atoms with Crippen LogP contribution < -0.4 is 0 Å². The van der Waals surface area contributed by atoms with Crippen LogP contribution >= 0.6 is 0 Å². The van der Waals surface area contributed by atoms with Crippen LogP contribution in [0.1, 0.15) is 17.7 Å². The average molecular weight is 257 g/mol. The van der Waals surface area contributed by atoms with Gasteiger partial charge in [-0.1, -0.05) is 0 Å². The third-order valence-corrected chi connectivity index (χ3v) is 4.94. The van der Waals surface area contributed by atoms with E-state index in [4.69, 9.17) is 0 Å². The molecule has 1 aromatic heterocycles. The van der Waals surface area contributed by atoms with Crippen LogP contribution in [0.15, 0.2) is 6.20 Å². The summed E-state index contributed by atoms with van der Waals surface area (Å²) >= 11 is 0. The lowest BCUT2D eigenvalue weighted by molar-refractivity contribution is 0.330. The maximum Gasteiger partial charge on any atom is 0.151 e. The second kappa shape index (κ2) is 4.42. The molecule has 0 spiro atoms. The van der Waals surface area contributed by atoms with E-state index >= 15 is 0 Å². The monoisotopic (exact) mass is 257 g/mol. The molecule has 1 atom stereocenters. The zero-order chi connectivity index (χ0) is 12.6. The minimum atomic E-state index is -2.90. The van der Waals surface area contributed by atoms with E-state index in [1.807, 2.05) is 20.2 Å². The van der Waals surface area contributed by atoms with Gasteiger partial charge in [0.05, 0.1) is 10.9 Å². The summed E-state index contributed by atoms with van der Waals surface area (Å²) in [6, 6.07) is 0. The molecule has 0 amide bonds. The maximum absolute atomic E-state index is 11.5. The van der Waals surface area contributed by atoms with Crippen molar-refractivity contribution in [3.63, 3.8) is 0 Å². The first-order valence-electron chi connectivity index (χ1n) is 5.76. The fourth-order valence-corrected chi connectivity index (χ4v) is 3.35. The molecule has 1 unspecified atom stereocenters. The largest absolute Gasteiger partial charge is 0.298 e. The highest BCUT2D eigenvalue weighted by Gasteiger charge is 2.30. The highest BCUT2D eigenvalue weighted by atomic mass is 32.2. The molecule has 1 aromatic rings. The summed E-state index contributed by atoms with van der Waals surface area (Å²) in [5, 5.41) is 4.10. The summed E-state index contributed by atoms with van der Waals surface area (Å²) in [4.78, 5) is 2.19. The van der Waals surface area contributed by atoms with Crippen LogP contribution in [0.2, 0.25) is 0 Å². The Morgan fingerprint density at radius 3 is 2.71 bits per heavy atom. The van der Waals surface area contributed by atoms with E-state index in [0.717, 1.165) is 25.2 Å². The summed E-state index contributed by atoms with van der Waals surface area (Å²) < 4.78 is 24.7. The topological polar surface area (TPSA) is 55.2 Å². The first kappa shape index (κ1) is 12.6. The van der Waals surface area contributed by atoms with Crippen molar-refractivity contribution in [1.82, 2.24) is 14.7 Å². The van der Waals surface area contributed by atoms with Crippen LogP contribution in [-0.4, -0.2) is 47.7 Å². The van der Waals surface area contributed by atoms with Gasteiger partial charge in [0.15, 0.2) is 9.84 Å². The van der Waals surface area contributed by atoms with E-state index in [-0.39, 0.29) is 5.25 Å². The Morgan fingerprint density at radius 2 is 2.24 bits per heavy atom. The van der Waals surface area contributed by atoms with Gasteiger partial charge in [-0.3, -0.25) is 9.58 Å². The average Bonchev–Trinajstić information content (AvgIpc) is 2.74. The Bertz CT molecular complexity index is 507. The molecule has 2 rings (SSSR count). The van der Waals surface area contributed by atoms with Crippen molar-refractivity contribution in [2.75, 3.05) is 19.3 Å². The molecule has 6 heteroatoms. The normalized spacial score (nSPS) is 22.2. The number of aryl methyl sites for hydroxylation is 2. The van der Waals surface area contributed by atoms with Crippen molar-refractivity contribution >= 4 is 9.84 Å². The summed E-state index contributed by atoms with van der Waals surface area (Å²) in [5.41, 5.74) is 2.21. The third kappa shape index (κ3) is 2.87. The van der Waals surface area contributed by atoms with Gasteiger partial charge < -0.3 is 0 Å². The van der Waals surface area contributed by atoms with Crippen molar-refractivity contribution in [1.29, 1.82) is 0 Å². The fourth-order valence-electron chi connectivity index (χ4n) is 2.33. The predicted molar refractivity (Wildman–Crippen MR) is 66.5 cm³/mol. The second-order valence-corrected chi connectivity index (χ2v) is 7.21. The SMILES string of the molecule is Cc1nn(C)cc1CN1CCC(S(C)(=O)=O)C1. The second-order valence-electron chi connectivity index (χ2n) is 4.89. The molecule has 0 saturated carbocycles. The van der Waals surface area contributed by atoms with Gasteiger partial charge in [-0.05, 0) is 19.9 Å². The van der Waals surface area contributed by atoms with Crippen LogP contribution in [0, 0.1) is 6.92 Å². The van der Waals surface area contributed by atoms with Gasteiger partial charge in [0.1, 0.15) is 0 Å². The van der Waals surface area contributed by atoms with Gasteiger partial charge in [-0.25, -0.2) is 8.42 Å². The van der Waals surface area contributed by atoms with E-state index in [0.29, 0.717) is 6.54 Å². The number of hydrogen-bond acceptors (Lipinski definition) is 4. The molecule has 1 aliphatic heterocycles. The summed E-state index contributed by atoms with van der Waals surface area (Å²) in [5.74, 6) is 0. The molecule has 0 aromatic carbocycles. The molecule has 0 radical (unpaired) electrons. The quantitative estimate of drug-likeness (QED) is 0.784. The van der Waals surface area contributed by atoms with E-state index in [1.165, 1.54) is 11.8 Å². The van der Waals surface area contributed by atoms with Gasteiger partial charge in [0.2, 0.25) is 0 Å². The lowest BCUT2D eigenvalue weighted by Crippen LogP contribution is -2.26. The molecule has 2 heterocycles. The van der Waals surface area contributed by atoms with Crippen LogP contribution in [0.4, 0.5) is 0 Å². The number of aromatic nitrogens is 2. The number of rotatable bonds is 3. The van der Waals surface area contributed by atoms with Gasteiger partial charge in [0.25, 0.3) is 0 Å². The van der Waals surface area contributed by atoms with E-state index in [9.17, 15) is 8.42 Å². The fraction of sp³-hybridized carbons (Fsp3) is 0.727. The zero-order valence-corrected chi connectivity index (χ0v) is 11.4. The smallest absolute Gasteiger partial charge is 0.151 e. The zero-order valence-electron chi connectivity index (χ0n) is 10.5. The van der Waals surface area contributed by atoms with Crippen LogP contribution in [-0.2, 0) is 23.4 Å². The number of likely N-dealkylation sites (tertiary alicyclic amines) is 1. The Labute approximate surface area is 102 Å². The highest BCUT2D eigenvalue weighted by Crippen LogP contribution is 2.19. The lowest BCUT2D eigenvalue weighted by Gasteiger charge is -2.14. The maximum atomic E-state index is 11.5. The van der Waals surface area contributed by atoms with E-state index in [2.05, 4.69) is 10.00 Å². The molecule has 96 valence electrons. The standard InChI is InChI=1S/C11H19N3O2S/c1-9-10(6-13(2)12-9)7-14-5-4-11(8-14)17(3,15)16/h6,11H,4-5,7-8H2,1-3H3. The molecule has 1 saturated heterocycles. The molecule has 5 nitrogen and oxygen atoms in total. The molecular formula is C11H19N3O2S. The third-order valence-electron chi connectivity index (χ3n) is 3.34. The van der Waals surface area contributed by atoms with E-state index in [1.54, 1.807) is 4.68 Å². The minimum absolute atomic E-state index is 0.195. The predicted octanol–water partition coefficient (Wildman–Crippen LogP) is 0.347. The summed E-state index contributed by atoms with van der Waals surface area (Å²) in [6.45, 7) is 4.28. The summed E-state index contributed by atoms with van der Waals surface area (Å²) in [6.07, 6.45) is 4.08. The Kier molecular flexibility index (Phi) is 3.27. The van der Waals surface area contributed by atoms with E-state index < -0.39 is 9.84 Å². The number of nitrogens with zero attached hydrogens (tertiary/aromatic N) is 3. The molecule has 0 aliphatic carbocycles. The van der Waals surface area contributed by atoms with Gasteiger partial charge >= 0.3 is 0 Å². The first-order chi connectivity index (χ1) is 7.86. The molecular weight excluding hydrogens is 238 g/mol. The lowest BCUT2D eigenvalue weighted by atomic mass is 10.2. The molecule has 1 aliphatic rings. The minimum Gasteiger partial charge on any atom is -0.298 e. The molecule has 17 heavy (non-hydrogen) atoms. The van der Waals surface area contributed by atoms with Crippen molar-refractivity contribution in [3.8, 4) is 0 Å². The number of sulfone groups is 1. The van der Waals surface area contributed by atoms with Crippen molar-refractivity contribution in [2.24, 2.45) is 7.05 Å². The van der Waals surface area contributed by atoms with Crippen LogP contribution in [0.5, 0.6) is 0 Å². The summed E-state index contributed by atoms with van der Waals surface area (Å²) in [7, 11) is -0.993. The molecule has 1 fully saturated rings. The van der Waals surface area contributed by atoms with Crippen molar-refractivity contribution < 1.29 is 8.42 Å². The Morgan fingerprint density at radius 1 is 1.53 bits per heavy atom. The Hall–Kier alpha value is -0.880.